The van der Waals surface area contributed by atoms with Crippen molar-refractivity contribution < 1.29 is 9.21 Å². The number of carbonyl (C=O) groups is 1. The standard InChI is InChI=1S/C22H23N5O2/c1-16(13-27-15-23-14-24-27)25-22(28)18-10-11-20-19(12-18)26-21(29-20)9-5-8-17-6-3-2-4-7-17/h2-4,6-7,10-12,14-16H,5,8-9,13H2,1H3,(H,25,28)/t16-/m1/s1. The van der Waals surface area contributed by atoms with Crippen LogP contribution in [0.15, 0.2) is 65.6 Å². The fourth-order valence-corrected chi connectivity index (χ4v) is 3.27. The van der Waals surface area contributed by atoms with Gasteiger partial charge in [-0.3, -0.25) is 9.48 Å². The second-order valence-electron chi connectivity index (χ2n) is 7.12. The molecule has 148 valence electrons. The average molecular weight is 389 g/mol. The largest absolute Gasteiger partial charge is 0.441 e. The molecule has 0 spiro atoms. The van der Waals surface area contributed by atoms with E-state index < -0.39 is 0 Å². The van der Waals surface area contributed by atoms with E-state index in [2.05, 4.69) is 32.5 Å². The van der Waals surface area contributed by atoms with E-state index in [-0.39, 0.29) is 11.9 Å². The van der Waals surface area contributed by atoms with Gasteiger partial charge in [0.25, 0.3) is 5.91 Å². The van der Waals surface area contributed by atoms with Gasteiger partial charge in [-0.15, -0.1) is 0 Å². The van der Waals surface area contributed by atoms with Crippen molar-refractivity contribution in [2.75, 3.05) is 0 Å². The van der Waals surface area contributed by atoms with Crippen molar-refractivity contribution >= 4 is 17.0 Å². The van der Waals surface area contributed by atoms with Crippen molar-refractivity contribution in [2.45, 2.75) is 38.8 Å². The van der Waals surface area contributed by atoms with Crippen LogP contribution >= 0.6 is 0 Å². The third-order valence-electron chi connectivity index (χ3n) is 4.70. The minimum absolute atomic E-state index is 0.0780. The fraction of sp³-hybridized carbons (Fsp3) is 0.273. The molecular weight excluding hydrogens is 366 g/mol. The van der Waals surface area contributed by atoms with Gasteiger partial charge in [0.2, 0.25) is 0 Å². The topological polar surface area (TPSA) is 85.8 Å². The molecule has 7 nitrogen and oxygen atoms in total. The van der Waals surface area contributed by atoms with Crippen LogP contribution in [-0.2, 0) is 19.4 Å². The molecule has 1 atom stereocenters. The number of nitrogens with zero attached hydrogens (tertiary/aromatic N) is 4. The van der Waals surface area contributed by atoms with Gasteiger partial charge in [-0.1, -0.05) is 30.3 Å². The van der Waals surface area contributed by atoms with E-state index in [9.17, 15) is 4.79 Å². The Hall–Kier alpha value is -3.48. The van der Waals surface area contributed by atoms with Crippen molar-refractivity contribution in [1.82, 2.24) is 25.1 Å². The molecule has 2 heterocycles. The lowest BCUT2D eigenvalue weighted by molar-refractivity contribution is 0.0936. The number of oxazole rings is 1. The molecule has 2 aromatic carbocycles. The molecule has 1 N–H and O–H groups in total. The number of aromatic nitrogens is 4. The summed E-state index contributed by atoms with van der Waals surface area (Å²) in [4.78, 5) is 21.0. The molecule has 0 saturated heterocycles. The Bertz CT molecular complexity index is 1070. The predicted octanol–water partition coefficient (Wildman–Crippen LogP) is 3.41. The lowest BCUT2D eigenvalue weighted by Gasteiger charge is -2.13. The molecule has 0 radical (unpaired) electrons. The number of carbonyl (C=O) groups excluding carboxylic acids is 1. The van der Waals surface area contributed by atoms with Crippen molar-refractivity contribution in [3.05, 3.63) is 78.2 Å². The highest BCUT2D eigenvalue weighted by Gasteiger charge is 2.13. The summed E-state index contributed by atoms with van der Waals surface area (Å²) in [5.41, 5.74) is 3.28. The molecular formula is C22H23N5O2. The van der Waals surface area contributed by atoms with Crippen molar-refractivity contribution in [2.24, 2.45) is 0 Å². The molecule has 0 fully saturated rings. The van der Waals surface area contributed by atoms with Crippen LogP contribution in [-0.4, -0.2) is 31.7 Å². The van der Waals surface area contributed by atoms with Crippen LogP contribution in [0.5, 0.6) is 0 Å². The first-order chi connectivity index (χ1) is 14.2. The van der Waals surface area contributed by atoms with Gasteiger partial charge in [0, 0.05) is 18.0 Å². The Balaban J connectivity index is 1.36. The van der Waals surface area contributed by atoms with E-state index in [4.69, 9.17) is 4.42 Å². The predicted molar refractivity (Wildman–Crippen MR) is 109 cm³/mol. The Labute approximate surface area is 168 Å². The van der Waals surface area contributed by atoms with Crippen LogP contribution in [0.4, 0.5) is 0 Å². The van der Waals surface area contributed by atoms with E-state index in [1.807, 2.05) is 25.1 Å². The van der Waals surface area contributed by atoms with Gasteiger partial charge >= 0.3 is 0 Å². The van der Waals surface area contributed by atoms with Crippen LogP contribution in [0.3, 0.4) is 0 Å². The molecule has 0 aliphatic rings. The quantitative estimate of drug-likeness (QED) is 0.499. The maximum Gasteiger partial charge on any atom is 0.251 e. The Kier molecular flexibility index (Phi) is 5.65. The van der Waals surface area contributed by atoms with E-state index in [1.54, 1.807) is 29.2 Å². The Morgan fingerprint density at radius 3 is 2.83 bits per heavy atom. The minimum Gasteiger partial charge on any atom is -0.441 e. The minimum atomic E-state index is -0.145. The van der Waals surface area contributed by atoms with Crippen LogP contribution in [0.1, 0.15) is 35.2 Å². The normalized spacial score (nSPS) is 12.2. The zero-order chi connectivity index (χ0) is 20.1. The van der Waals surface area contributed by atoms with Gasteiger partial charge in [-0.2, -0.15) is 5.10 Å². The van der Waals surface area contributed by atoms with E-state index >= 15 is 0 Å². The second kappa shape index (κ2) is 8.68. The molecule has 0 bridgehead atoms. The SMILES string of the molecule is C[C@H](Cn1cncn1)NC(=O)c1ccc2oc(CCCc3ccccc3)nc2c1. The molecule has 0 saturated carbocycles. The summed E-state index contributed by atoms with van der Waals surface area (Å²) in [6.07, 6.45) is 5.81. The molecule has 7 heteroatoms. The monoisotopic (exact) mass is 389 g/mol. The van der Waals surface area contributed by atoms with E-state index in [1.165, 1.54) is 11.9 Å². The number of hydrogen-bond acceptors (Lipinski definition) is 5. The lowest BCUT2D eigenvalue weighted by atomic mass is 10.1. The average Bonchev–Trinajstić information content (AvgIpc) is 3.37. The van der Waals surface area contributed by atoms with Gasteiger partial charge in [0.15, 0.2) is 11.5 Å². The third kappa shape index (κ3) is 4.87. The Morgan fingerprint density at radius 2 is 2.03 bits per heavy atom. The van der Waals surface area contributed by atoms with Crippen molar-refractivity contribution in [1.29, 1.82) is 0 Å². The summed E-state index contributed by atoms with van der Waals surface area (Å²) in [6, 6.07) is 15.6. The van der Waals surface area contributed by atoms with Crippen LogP contribution in [0, 0.1) is 0 Å². The third-order valence-corrected chi connectivity index (χ3v) is 4.70. The van der Waals surface area contributed by atoms with Gasteiger partial charge in [0.05, 0.1) is 6.54 Å². The lowest BCUT2D eigenvalue weighted by Crippen LogP contribution is -2.35. The first-order valence-electron chi connectivity index (χ1n) is 9.74. The molecule has 0 unspecified atom stereocenters. The van der Waals surface area contributed by atoms with Crippen LogP contribution < -0.4 is 5.32 Å². The number of nitrogens with one attached hydrogen (secondary N) is 1. The first kappa shape index (κ1) is 18.9. The number of amides is 1. The summed E-state index contributed by atoms with van der Waals surface area (Å²) in [5.74, 6) is 0.557. The van der Waals surface area contributed by atoms with Crippen molar-refractivity contribution in [3.8, 4) is 0 Å². The van der Waals surface area contributed by atoms with Gasteiger partial charge < -0.3 is 9.73 Å². The maximum absolute atomic E-state index is 12.5. The number of aryl methyl sites for hydroxylation is 2. The first-order valence-corrected chi connectivity index (χ1v) is 9.74. The summed E-state index contributed by atoms with van der Waals surface area (Å²) < 4.78 is 7.52. The number of rotatable bonds is 8. The summed E-state index contributed by atoms with van der Waals surface area (Å²) in [6.45, 7) is 2.49. The van der Waals surface area contributed by atoms with E-state index in [0.717, 1.165) is 19.3 Å². The highest BCUT2D eigenvalue weighted by atomic mass is 16.3. The summed E-state index contributed by atoms with van der Waals surface area (Å²) >= 11 is 0. The summed E-state index contributed by atoms with van der Waals surface area (Å²) in [7, 11) is 0. The van der Waals surface area contributed by atoms with Crippen LogP contribution in [0.2, 0.25) is 0 Å². The molecule has 29 heavy (non-hydrogen) atoms. The fourth-order valence-electron chi connectivity index (χ4n) is 3.27. The highest BCUT2D eigenvalue weighted by Crippen LogP contribution is 2.19. The smallest absolute Gasteiger partial charge is 0.251 e. The molecule has 4 aromatic rings. The number of hydrogen-bond donors (Lipinski definition) is 1. The molecule has 0 aliphatic carbocycles. The zero-order valence-corrected chi connectivity index (χ0v) is 16.3. The van der Waals surface area contributed by atoms with Gasteiger partial charge in [-0.05, 0) is 43.5 Å². The number of fused-ring (bicyclic) bond motifs is 1. The summed E-state index contributed by atoms with van der Waals surface area (Å²) in [5, 5.41) is 7.03. The highest BCUT2D eigenvalue weighted by molar-refractivity contribution is 5.97. The zero-order valence-electron chi connectivity index (χ0n) is 16.3. The van der Waals surface area contributed by atoms with E-state index in [0.29, 0.717) is 29.1 Å². The second-order valence-corrected chi connectivity index (χ2v) is 7.12. The van der Waals surface area contributed by atoms with Crippen LogP contribution in [0.25, 0.3) is 11.1 Å². The van der Waals surface area contributed by atoms with Gasteiger partial charge in [0.1, 0.15) is 18.2 Å². The van der Waals surface area contributed by atoms with Crippen molar-refractivity contribution in [3.63, 3.8) is 0 Å². The van der Waals surface area contributed by atoms with Gasteiger partial charge in [-0.25, -0.2) is 9.97 Å². The molecule has 2 aromatic heterocycles. The molecule has 1 amide bonds. The maximum atomic E-state index is 12.5. The molecule has 4 rings (SSSR count). The number of benzene rings is 2. The Morgan fingerprint density at radius 1 is 1.17 bits per heavy atom. The molecule has 0 aliphatic heterocycles.